The van der Waals surface area contributed by atoms with Crippen molar-refractivity contribution >= 4 is 28.7 Å². The average Bonchev–Trinajstić information content (AvgIpc) is 2.41. The zero-order valence-corrected chi connectivity index (χ0v) is 10.5. The molecule has 0 spiro atoms. The second-order valence-electron chi connectivity index (χ2n) is 3.64. The fraction of sp³-hybridized carbons (Fsp3) is 0.0769. The number of hydrogen-bond donors (Lipinski definition) is 2. The summed E-state index contributed by atoms with van der Waals surface area (Å²) >= 11 is 6.08. The minimum Gasteiger partial charge on any atom is -0.387 e. The van der Waals surface area contributed by atoms with Gasteiger partial charge in [0.1, 0.15) is 0 Å². The number of aromatic nitrogens is 1. The van der Waals surface area contributed by atoms with Crippen molar-refractivity contribution in [3.05, 3.63) is 47.2 Å². The summed E-state index contributed by atoms with van der Waals surface area (Å²) in [7, 11) is 1.83. The van der Waals surface area contributed by atoms with Gasteiger partial charge in [0.15, 0.2) is 0 Å². The van der Waals surface area contributed by atoms with Crippen molar-refractivity contribution in [1.82, 2.24) is 4.98 Å². The van der Waals surface area contributed by atoms with Crippen LogP contribution in [0.5, 0.6) is 0 Å². The molecule has 0 saturated carbocycles. The summed E-state index contributed by atoms with van der Waals surface area (Å²) in [4.78, 5) is 4.09. The Morgan fingerprint density at radius 1 is 1.22 bits per heavy atom. The molecular weight excluding hydrogens is 248 g/mol. The zero-order valence-electron chi connectivity index (χ0n) is 9.74. The van der Waals surface area contributed by atoms with E-state index in [0.717, 1.165) is 17.1 Å². The molecule has 4 nitrogen and oxygen atoms in total. The molecule has 2 N–H and O–H groups in total. The average molecular weight is 259 g/mol. The van der Waals surface area contributed by atoms with E-state index in [-0.39, 0.29) is 0 Å². The molecule has 0 unspecified atom stereocenters. The number of nitrogens with zero attached hydrogens (tertiary/aromatic N) is 2. The molecule has 0 amide bonds. The summed E-state index contributed by atoms with van der Waals surface area (Å²) in [6.07, 6.45) is 3.43. The molecule has 0 saturated heterocycles. The highest BCUT2D eigenvalue weighted by Gasteiger charge is 2.03. The van der Waals surface area contributed by atoms with E-state index < -0.39 is 0 Å². The van der Waals surface area contributed by atoms with Gasteiger partial charge >= 0.3 is 0 Å². The van der Waals surface area contributed by atoms with Crippen molar-refractivity contribution in [2.45, 2.75) is 0 Å². The maximum Gasteiger partial charge on any atom is 0.0992 e. The summed E-state index contributed by atoms with van der Waals surface area (Å²) < 4.78 is 0. The summed E-state index contributed by atoms with van der Waals surface area (Å²) in [6, 6.07) is 9.07. The van der Waals surface area contributed by atoms with Crippen molar-refractivity contribution in [3.63, 3.8) is 0 Å². The van der Waals surface area contributed by atoms with Gasteiger partial charge in [-0.2, -0.15) is 5.26 Å². The first-order valence-corrected chi connectivity index (χ1v) is 5.70. The van der Waals surface area contributed by atoms with E-state index >= 15 is 0 Å². The molecule has 0 aliphatic heterocycles. The molecule has 0 bridgehead atoms. The van der Waals surface area contributed by atoms with E-state index in [9.17, 15) is 0 Å². The van der Waals surface area contributed by atoms with Crippen LogP contribution in [0.4, 0.5) is 17.1 Å². The van der Waals surface area contributed by atoms with Crippen LogP contribution in [-0.4, -0.2) is 12.0 Å². The van der Waals surface area contributed by atoms with Crippen LogP contribution in [0, 0.1) is 11.3 Å². The molecule has 5 heteroatoms. The molecule has 1 aromatic heterocycles. The highest BCUT2D eigenvalue weighted by atomic mass is 35.5. The molecule has 2 rings (SSSR count). The minimum absolute atomic E-state index is 0.504. The van der Waals surface area contributed by atoms with E-state index in [1.54, 1.807) is 30.6 Å². The van der Waals surface area contributed by atoms with Crippen LogP contribution in [0.25, 0.3) is 0 Å². The van der Waals surface area contributed by atoms with Crippen molar-refractivity contribution in [2.75, 3.05) is 17.7 Å². The Bertz CT molecular complexity index is 604. The normalized spacial score (nSPS) is 9.61. The number of nitriles is 1. The number of rotatable bonds is 3. The van der Waals surface area contributed by atoms with Crippen LogP contribution in [0.3, 0.4) is 0 Å². The van der Waals surface area contributed by atoms with Crippen LogP contribution < -0.4 is 10.6 Å². The van der Waals surface area contributed by atoms with Gasteiger partial charge in [0, 0.05) is 7.05 Å². The smallest absolute Gasteiger partial charge is 0.0992 e. The number of nitrogens with one attached hydrogen (secondary N) is 2. The van der Waals surface area contributed by atoms with Gasteiger partial charge in [-0.25, -0.2) is 0 Å². The van der Waals surface area contributed by atoms with Gasteiger partial charge in [0.05, 0.1) is 46.1 Å². The van der Waals surface area contributed by atoms with Crippen molar-refractivity contribution in [3.8, 4) is 6.07 Å². The van der Waals surface area contributed by atoms with E-state index in [2.05, 4.69) is 15.6 Å². The van der Waals surface area contributed by atoms with Crippen LogP contribution in [0.15, 0.2) is 36.7 Å². The fourth-order valence-electron chi connectivity index (χ4n) is 1.49. The monoisotopic (exact) mass is 258 g/mol. The SMILES string of the molecule is CNc1cncc(Nc2ccc(C#N)cc2Cl)c1. The second-order valence-corrected chi connectivity index (χ2v) is 4.05. The van der Waals surface area contributed by atoms with Crippen molar-refractivity contribution < 1.29 is 0 Å². The van der Waals surface area contributed by atoms with Crippen LogP contribution in [-0.2, 0) is 0 Å². The first-order valence-electron chi connectivity index (χ1n) is 5.32. The lowest BCUT2D eigenvalue weighted by Crippen LogP contribution is -1.95. The summed E-state index contributed by atoms with van der Waals surface area (Å²) in [6.45, 7) is 0. The molecule has 0 aliphatic rings. The van der Waals surface area contributed by atoms with Gasteiger partial charge in [0.25, 0.3) is 0 Å². The van der Waals surface area contributed by atoms with Gasteiger partial charge in [-0.3, -0.25) is 4.98 Å². The predicted molar refractivity (Wildman–Crippen MR) is 73.2 cm³/mol. The Balaban J connectivity index is 2.26. The molecule has 0 fully saturated rings. The molecule has 0 radical (unpaired) electrons. The predicted octanol–water partition coefficient (Wildman–Crippen LogP) is 3.39. The van der Waals surface area contributed by atoms with E-state index in [0.29, 0.717) is 10.6 Å². The molecule has 2 aromatic rings. The third-order valence-electron chi connectivity index (χ3n) is 2.40. The quantitative estimate of drug-likeness (QED) is 0.886. The Hall–Kier alpha value is -2.25. The van der Waals surface area contributed by atoms with Gasteiger partial charge in [-0.05, 0) is 24.3 Å². The Kier molecular flexibility index (Phi) is 3.66. The molecular formula is C13H11ClN4. The zero-order chi connectivity index (χ0) is 13.0. The summed E-state index contributed by atoms with van der Waals surface area (Å²) in [5.41, 5.74) is 3.01. The molecule has 18 heavy (non-hydrogen) atoms. The third-order valence-corrected chi connectivity index (χ3v) is 2.72. The lowest BCUT2D eigenvalue weighted by atomic mass is 10.2. The lowest BCUT2D eigenvalue weighted by molar-refractivity contribution is 1.30. The van der Waals surface area contributed by atoms with Crippen LogP contribution in [0.2, 0.25) is 5.02 Å². The topological polar surface area (TPSA) is 60.7 Å². The Morgan fingerprint density at radius 2 is 2.00 bits per heavy atom. The van der Waals surface area contributed by atoms with Crippen LogP contribution in [0.1, 0.15) is 5.56 Å². The number of anilines is 3. The van der Waals surface area contributed by atoms with Crippen molar-refractivity contribution in [2.24, 2.45) is 0 Å². The number of halogens is 1. The summed E-state index contributed by atoms with van der Waals surface area (Å²) in [5.74, 6) is 0. The molecule has 0 aliphatic carbocycles. The molecule has 1 heterocycles. The lowest BCUT2D eigenvalue weighted by Gasteiger charge is -2.09. The van der Waals surface area contributed by atoms with Crippen molar-refractivity contribution in [1.29, 1.82) is 5.26 Å². The highest BCUT2D eigenvalue weighted by Crippen LogP contribution is 2.26. The molecule has 0 atom stereocenters. The van der Waals surface area contributed by atoms with E-state index in [1.165, 1.54) is 0 Å². The van der Waals surface area contributed by atoms with Gasteiger partial charge < -0.3 is 10.6 Å². The maximum absolute atomic E-state index is 8.76. The standard InChI is InChI=1S/C13H11ClN4/c1-16-10-5-11(8-17-7-10)18-13-3-2-9(6-15)4-12(13)14/h2-5,7-8,16,18H,1H3. The third kappa shape index (κ3) is 2.70. The number of benzene rings is 1. The highest BCUT2D eigenvalue weighted by molar-refractivity contribution is 6.33. The summed E-state index contributed by atoms with van der Waals surface area (Å²) in [5, 5.41) is 15.4. The first kappa shape index (κ1) is 12.2. The van der Waals surface area contributed by atoms with E-state index in [1.807, 2.05) is 19.2 Å². The Labute approximate surface area is 110 Å². The fourth-order valence-corrected chi connectivity index (χ4v) is 1.71. The Morgan fingerprint density at radius 3 is 2.67 bits per heavy atom. The largest absolute Gasteiger partial charge is 0.387 e. The van der Waals surface area contributed by atoms with Gasteiger partial charge in [-0.15, -0.1) is 0 Å². The van der Waals surface area contributed by atoms with Gasteiger partial charge in [0.2, 0.25) is 0 Å². The number of hydrogen-bond acceptors (Lipinski definition) is 4. The first-order chi connectivity index (χ1) is 8.72. The maximum atomic E-state index is 8.76. The van der Waals surface area contributed by atoms with Crippen LogP contribution >= 0.6 is 11.6 Å². The second kappa shape index (κ2) is 5.39. The van der Waals surface area contributed by atoms with Gasteiger partial charge in [-0.1, -0.05) is 11.6 Å². The van der Waals surface area contributed by atoms with E-state index in [4.69, 9.17) is 16.9 Å². The molecule has 1 aromatic carbocycles. The molecule has 90 valence electrons. The minimum atomic E-state index is 0.504. The number of pyridine rings is 1.